The topological polar surface area (TPSA) is 58.5 Å². The van der Waals surface area contributed by atoms with Crippen LogP contribution in [0.1, 0.15) is 38.7 Å². The summed E-state index contributed by atoms with van der Waals surface area (Å²) in [6.07, 6.45) is 3.28. The molecule has 21 heavy (non-hydrogen) atoms. The number of hydrogen-bond donors (Lipinski definition) is 1. The molecule has 0 radical (unpaired) electrons. The Balaban J connectivity index is 1.81. The lowest BCUT2D eigenvalue weighted by atomic mass is 9.80. The fourth-order valence-electron chi connectivity index (χ4n) is 3.71. The number of hydrazone groups is 1. The molecule has 114 valence electrons. The van der Waals surface area contributed by atoms with E-state index in [0.717, 1.165) is 24.1 Å². The van der Waals surface area contributed by atoms with Crippen LogP contribution in [0.3, 0.4) is 0 Å². The monoisotopic (exact) mass is 306 g/mol. The lowest BCUT2D eigenvalue weighted by molar-refractivity contribution is 0.354. The maximum atomic E-state index is 12.3. The largest absolute Gasteiger partial charge is 0.276 e. The number of nitrogens with zero attached hydrogens (tertiary/aromatic N) is 1. The Bertz CT molecular complexity index is 679. The second kappa shape index (κ2) is 4.83. The van der Waals surface area contributed by atoms with Gasteiger partial charge >= 0.3 is 0 Å². The first-order valence-electron chi connectivity index (χ1n) is 7.48. The van der Waals surface area contributed by atoms with Crippen LogP contribution in [0.15, 0.2) is 34.3 Å². The van der Waals surface area contributed by atoms with Crippen molar-refractivity contribution in [2.24, 2.45) is 22.4 Å². The van der Waals surface area contributed by atoms with Crippen LogP contribution in [-0.4, -0.2) is 14.1 Å². The minimum Gasteiger partial charge on any atom is -0.200 e. The summed E-state index contributed by atoms with van der Waals surface area (Å²) in [5, 5.41) is 4.28. The predicted molar refractivity (Wildman–Crippen MR) is 83.5 cm³/mol. The van der Waals surface area contributed by atoms with E-state index in [2.05, 4.69) is 23.8 Å². The van der Waals surface area contributed by atoms with Crippen molar-refractivity contribution in [3.05, 3.63) is 29.8 Å². The lowest BCUT2D eigenvalue weighted by Crippen LogP contribution is -2.29. The van der Waals surface area contributed by atoms with Crippen molar-refractivity contribution in [3.8, 4) is 0 Å². The lowest BCUT2D eigenvalue weighted by Gasteiger charge is -2.25. The third-order valence-electron chi connectivity index (χ3n) is 5.49. The molecule has 0 amide bonds. The average molecular weight is 306 g/mol. The molecule has 0 aromatic heterocycles. The second-order valence-corrected chi connectivity index (χ2v) is 8.34. The van der Waals surface area contributed by atoms with Crippen molar-refractivity contribution in [3.63, 3.8) is 0 Å². The average Bonchev–Trinajstić information content (AvgIpc) is 2.85. The molecule has 3 rings (SSSR count). The maximum absolute atomic E-state index is 12.3. The fraction of sp³-hybridized carbons (Fsp3) is 0.562. The molecule has 3 atom stereocenters. The van der Waals surface area contributed by atoms with Crippen molar-refractivity contribution in [1.82, 2.24) is 4.83 Å². The first kappa shape index (κ1) is 14.6. The highest BCUT2D eigenvalue weighted by Gasteiger charge is 2.52. The Hall–Kier alpha value is -1.36. The van der Waals surface area contributed by atoms with Gasteiger partial charge in [0.05, 0.1) is 4.90 Å². The van der Waals surface area contributed by atoms with E-state index in [0.29, 0.717) is 11.8 Å². The number of aryl methyl sites for hydroxylation is 1. The van der Waals surface area contributed by atoms with Gasteiger partial charge in [-0.1, -0.05) is 31.5 Å². The molecule has 5 heteroatoms. The number of hydrogen-bond acceptors (Lipinski definition) is 3. The predicted octanol–water partition coefficient (Wildman–Crippen LogP) is 3.09. The minimum absolute atomic E-state index is 0.0699. The van der Waals surface area contributed by atoms with E-state index in [9.17, 15) is 8.42 Å². The van der Waals surface area contributed by atoms with Gasteiger partial charge < -0.3 is 0 Å². The molecule has 4 nitrogen and oxygen atoms in total. The summed E-state index contributed by atoms with van der Waals surface area (Å²) in [6, 6.07) is 6.82. The summed E-state index contributed by atoms with van der Waals surface area (Å²) in [5.74, 6) is 1.26. The Morgan fingerprint density at radius 1 is 1.29 bits per heavy atom. The zero-order valence-electron chi connectivity index (χ0n) is 12.8. The molecule has 0 aliphatic heterocycles. The van der Waals surface area contributed by atoms with E-state index >= 15 is 0 Å². The van der Waals surface area contributed by atoms with Crippen molar-refractivity contribution in [2.45, 2.75) is 44.9 Å². The molecule has 0 spiro atoms. The van der Waals surface area contributed by atoms with Gasteiger partial charge in [0.2, 0.25) is 0 Å². The summed E-state index contributed by atoms with van der Waals surface area (Å²) < 4.78 is 24.5. The van der Waals surface area contributed by atoms with Crippen LogP contribution in [0, 0.1) is 24.2 Å². The van der Waals surface area contributed by atoms with E-state index in [1.54, 1.807) is 24.3 Å². The van der Waals surface area contributed by atoms with Crippen molar-refractivity contribution < 1.29 is 8.42 Å². The van der Waals surface area contributed by atoms with Gasteiger partial charge in [-0.3, -0.25) is 0 Å². The second-order valence-electron chi connectivity index (χ2n) is 6.68. The van der Waals surface area contributed by atoms with Gasteiger partial charge in [-0.05, 0) is 50.2 Å². The summed E-state index contributed by atoms with van der Waals surface area (Å²) in [5.41, 5.74) is 2.12. The minimum atomic E-state index is -3.56. The van der Waals surface area contributed by atoms with E-state index in [1.807, 2.05) is 6.92 Å². The standard InChI is InChI=1S/C16H22N2O2S/c1-11-4-6-14(7-5-11)21(19,20)18-17-15-10-13-8-9-16(15,3)12(13)2/h4-7,12-13,18H,8-10H2,1-3H3/b17-15+. The molecule has 2 fully saturated rings. The molecule has 1 aromatic rings. The molecule has 1 N–H and O–H groups in total. The third kappa shape index (κ3) is 2.37. The van der Waals surface area contributed by atoms with Gasteiger partial charge in [0.1, 0.15) is 0 Å². The first-order valence-corrected chi connectivity index (χ1v) is 8.97. The third-order valence-corrected chi connectivity index (χ3v) is 6.72. The number of sulfonamides is 1. The van der Waals surface area contributed by atoms with Gasteiger partial charge in [-0.25, -0.2) is 4.83 Å². The van der Waals surface area contributed by atoms with Gasteiger partial charge in [-0.15, -0.1) is 0 Å². The fourth-order valence-corrected chi connectivity index (χ4v) is 4.54. The summed E-state index contributed by atoms with van der Waals surface area (Å²) >= 11 is 0. The van der Waals surface area contributed by atoms with E-state index in [-0.39, 0.29) is 10.3 Å². The SMILES string of the molecule is Cc1ccc(S(=O)(=O)N/N=C2\CC3CCC2(C)C3C)cc1. The van der Waals surface area contributed by atoms with Crippen LogP contribution in [0.4, 0.5) is 0 Å². The van der Waals surface area contributed by atoms with Crippen molar-refractivity contribution in [1.29, 1.82) is 0 Å². The van der Waals surface area contributed by atoms with Gasteiger partial charge in [0.25, 0.3) is 10.0 Å². The van der Waals surface area contributed by atoms with Gasteiger partial charge in [-0.2, -0.15) is 13.5 Å². The Labute approximate surface area is 126 Å². The highest BCUT2D eigenvalue weighted by molar-refractivity contribution is 7.89. The number of benzene rings is 1. The molecule has 2 aliphatic rings. The summed E-state index contributed by atoms with van der Waals surface area (Å²) in [4.78, 5) is 2.69. The smallest absolute Gasteiger partial charge is 0.200 e. The zero-order chi connectivity index (χ0) is 15.3. The van der Waals surface area contributed by atoms with Crippen LogP contribution in [0.2, 0.25) is 0 Å². The quantitative estimate of drug-likeness (QED) is 0.872. The number of rotatable bonds is 3. The molecule has 2 saturated carbocycles. The Morgan fingerprint density at radius 2 is 1.95 bits per heavy atom. The van der Waals surface area contributed by atoms with Crippen LogP contribution in [0.25, 0.3) is 0 Å². The molecule has 0 saturated heterocycles. The summed E-state index contributed by atoms with van der Waals surface area (Å²) in [7, 11) is -3.56. The Kier molecular flexibility index (Phi) is 3.35. The van der Waals surface area contributed by atoms with Crippen LogP contribution in [0.5, 0.6) is 0 Å². The molecular formula is C16H22N2O2S. The molecule has 3 unspecified atom stereocenters. The first-order chi connectivity index (χ1) is 9.83. The van der Waals surface area contributed by atoms with Gasteiger partial charge in [0.15, 0.2) is 0 Å². The normalized spacial score (nSPS) is 33.6. The molecule has 1 aromatic carbocycles. The molecule has 2 bridgehead atoms. The zero-order valence-corrected chi connectivity index (χ0v) is 13.6. The van der Waals surface area contributed by atoms with E-state index < -0.39 is 10.0 Å². The van der Waals surface area contributed by atoms with E-state index in [1.165, 1.54) is 6.42 Å². The van der Waals surface area contributed by atoms with Crippen LogP contribution in [-0.2, 0) is 10.0 Å². The van der Waals surface area contributed by atoms with E-state index in [4.69, 9.17) is 0 Å². The highest BCUT2D eigenvalue weighted by Crippen LogP contribution is 2.56. The number of fused-ring (bicyclic) bond motifs is 2. The molecule has 2 aliphatic carbocycles. The van der Waals surface area contributed by atoms with Crippen molar-refractivity contribution in [2.75, 3.05) is 0 Å². The van der Waals surface area contributed by atoms with Gasteiger partial charge in [0, 0.05) is 11.1 Å². The molecular weight excluding hydrogens is 284 g/mol. The Morgan fingerprint density at radius 3 is 2.48 bits per heavy atom. The summed E-state index contributed by atoms with van der Waals surface area (Å²) in [6.45, 7) is 6.40. The van der Waals surface area contributed by atoms with Crippen molar-refractivity contribution >= 4 is 15.7 Å². The van der Waals surface area contributed by atoms with Crippen LogP contribution >= 0.6 is 0 Å². The maximum Gasteiger partial charge on any atom is 0.276 e. The van der Waals surface area contributed by atoms with Crippen LogP contribution < -0.4 is 4.83 Å². The highest BCUT2D eigenvalue weighted by atomic mass is 32.2. The molecule has 0 heterocycles. The number of nitrogens with one attached hydrogen (secondary N) is 1.